The number of carbonyl (C=O) groups is 1. The van der Waals surface area contributed by atoms with Crippen molar-refractivity contribution in [3.8, 4) is 0 Å². The molecule has 3 heteroatoms. The monoisotopic (exact) mass is 217 g/mol. The van der Waals surface area contributed by atoms with Crippen LogP contribution in [-0.4, -0.2) is 39.7 Å². The summed E-state index contributed by atoms with van der Waals surface area (Å²) < 4.78 is 0. The summed E-state index contributed by atoms with van der Waals surface area (Å²) in [7, 11) is 11.2. The molecule has 86 valence electrons. The molecule has 0 saturated carbocycles. The lowest BCUT2D eigenvalue weighted by Crippen LogP contribution is -1.99. The van der Waals surface area contributed by atoms with E-state index in [1.807, 2.05) is 56.4 Å². The van der Waals surface area contributed by atoms with Gasteiger partial charge in [0.2, 0.25) is 0 Å². The van der Waals surface area contributed by atoms with E-state index in [1.165, 1.54) is 5.56 Å². The third-order valence-corrected chi connectivity index (χ3v) is 1.76. The summed E-state index contributed by atoms with van der Waals surface area (Å²) in [6.07, 6.45) is 1.52. The van der Waals surface area contributed by atoms with E-state index in [0.717, 1.165) is 6.42 Å². The third kappa shape index (κ3) is 9.47. The quantitative estimate of drug-likeness (QED) is 0.718. The van der Waals surface area contributed by atoms with E-state index < -0.39 is 0 Å². The predicted octanol–water partition coefficient (Wildman–Crippen LogP) is 1.95. The SMILES string of the molecule is CN(C)C.[B]CC(=O)CCc1ccccc1. The maximum atomic E-state index is 10.9. The molecule has 1 aromatic carbocycles. The zero-order valence-corrected chi connectivity index (χ0v) is 10.4. The highest BCUT2D eigenvalue weighted by molar-refractivity contribution is 6.20. The standard InChI is InChI=1S/C10H11BO.C3H9N/c11-8-10(12)7-6-9-4-2-1-3-5-9;1-4(2)3/h1-5H,6-8H2;1-3H3. The maximum Gasteiger partial charge on any atom is 0.124 e. The number of rotatable bonds is 4. The van der Waals surface area contributed by atoms with Crippen LogP contribution in [0.15, 0.2) is 30.3 Å². The molecule has 1 rings (SSSR count). The lowest BCUT2D eigenvalue weighted by Gasteiger charge is -1.98. The lowest BCUT2D eigenvalue weighted by atomic mass is 9.96. The Labute approximate surface area is 100 Å². The van der Waals surface area contributed by atoms with Gasteiger partial charge in [-0.15, -0.1) is 0 Å². The largest absolute Gasteiger partial charge is 0.312 e. The van der Waals surface area contributed by atoms with Crippen LogP contribution in [0.25, 0.3) is 0 Å². The van der Waals surface area contributed by atoms with E-state index in [0.29, 0.717) is 6.42 Å². The maximum absolute atomic E-state index is 10.9. The van der Waals surface area contributed by atoms with E-state index in [9.17, 15) is 4.79 Å². The zero-order chi connectivity index (χ0) is 12.4. The van der Waals surface area contributed by atoms with Crippen molar-refractivity contribution in [3.05, 3.63) is 35.9 Å². The highest BCUT2D eigenvalue weighted by Gasteiger charge is 1.97. The number of carbonyl (C=O) groups excluding carboxylic acids is 1. The van der Waals surface area contributed by atoms with Gasteiger partial charge in [-0.2, -0.15) is 0 Å². The van der Waals surface area contributed by atoms with E-state index in [1.54, 1.807) is 0 Å². The van der Waals surface area contributed by atoms with Crippen LogP contribution in [-0.2, 0) is 11.2 Å². The fourth-order valence-corrected chi connectivity index (χ4v) is 1.03. The molecule has 16 heavy (non-hydrogen) atoms. The number of ketones is 1. The second-order valence-electron chi connectivity index (χ2n) is 4.07. The van der Waals surface area contributed by atoms with Crippen molar-refractivity contribution in [2.75, 3.05) is 21.1 Å². The smallest absolute Gasteiger partial charge is 0.124 e. The molecule has 0 N–H and O–H groups in total. The van der Waals surface area contributed by atoms with Crippen LogP contribution < -0.4 is 0 Å². The minimum Gasteiger partial charge on any atom is -0.312 e. The minimum atomic E-state index is 0.124. The van der Waals surface area contributed by atoms with E-state index in [-0.39, 0.29) is 12.1 Å². The van der Waals surface area contributed by atoms with Gasteiger partial charge in [0.25, 0.3) is 0 Å². The van der Waals surface area contributed by atoms with Crippen molar-refractivity contribution in [1.82, 2.24) is 4.90 Å². The van der Waals surface area contributed by atoms with Crippen LogP contribution in [0.1, 0.15) is 12.0 Å². The van der Waals surface area contributed by atoms with Crippen LogP contribution in [0, 0.1) is 0 Å². The fraction of sp³-hybridized carbons (Fsp3) is 0.462. The predicted molar refractivity (Wildman–Crippen MR) is 69.9 cm³/mol. The van der Waals surface area contributed by atoms with Gasteiger partial charge in [0.15, 0.2) is 0 Å². The van der Waals surface area contributed by atoms with Crippen LogP contribution in [0.2, 0.25) is 6.32 Å². The van der Waals surface area contributed by atoms with Crippen LogP contribution in [0.3, 0.4) is 0 Å². The van der Waals surface area contributed by atoms with Gasteiger partial charge in [0.05, 0.1) is 7.85 Å². The van der Waals surface area contributed by atoms with Crippen LogP contribution in [0.4, 0.5) is 0 Å². The molecule has 0 heterocycles. The average molecular weight is 217 g/mol. The first kappa shape index (κ1) is 14.9. The molecule has 1 aromatic rings. The molecule has 0 atom stereocenters. The number of hydrogen-bond donors (Lipinski definition) is 0. The van der Waals surface area contributed by atoms with Crippen molar-refractivity contribution < 1.29 is 4.79 Å². The van der Waals surface area contributed by atoms with Crippen molar-refractivity contribution >= 4 is 13.6 Å². The summed E-state index contributed by atoms with van der Waals surface area (Å²) >= 11 is 0. The summed E-state index contributed by atoms with van der Waals surface area (Å²) in [5, 5.41) is 0. The molecule has 0 fully saturated rings. The molecule has 0 saturated heterocycles. The summed E-state index contributed by atoms with van der Waals surface area (Å²) in [5.41, 5.74) is 1.19. The molecular weight excluding hydrogens is 197 g/mol. The molecule has 0 aliphatic rings. The molecule has 0 bridgehead atoms. The summed E-state index contributed by atoms with van der Waals surface area (Å²) in [4.78, 5) is 12.9. The van der Waals surface area contributed by atoms with Crippen molar-refractivity contribution in [2.24, 2.45) is 0 Å². The van der Waals surface area contributed by atoms with Crippen molar-refractivity contribution in [3.63, 3.8) is 0 Å². The molecule has 0 spiro atoms. The van der Waals surface area contributed by atoms with Crippen LogP contribution in [0.5, 0.6) is 0 Å². The first-order valence-corrected chi connectivity index (χ1v) is 5.43. The molecule has 0 amide bonds. The summed E-state index contributed by atoms with van der Waals surface area (Å²) in [6.45, 7) is 0. The Morgan fingerprint density at radius 1 is 1.19 bits per heavy atom. The Hall–Kier alpha value is -1.09. The Morgan fingerprint density at radius 2 is 1.69 bits per heavy atom. The Bertz CT molecular complexity index is 282. The molecule has 0 aliphatic heterocycles. The van der Waals surface area contributed by atoms with Gasteiger partial charge in [-0.1, -0.05) is 30.3 Å². The van der Waals surface area contributed by atoms with Gasteiger partial charge < -0.3 is 9.69 Å². The molecule has 0 unspecified atom stereocenters. The number of Topliss-reactive ketones (excluding diaryl/α,β-unsaturated/α-hetero) is 1. The van der Waals surface area contributed by atoms with Gasteiger partial charge in [0.1, 0.15) is 5.78 Å². The summed E-state index contributed by atoms with van der Waals surface area (Å²) in [6, 6.07) is 9.95. The first-order chi connectivity index (χ1) is 7.56. The van der Waals surface area contributed by atoms with Crippen LogP contribution >= 0.6 is 0 Å². The van der Waals surface area contributed by atoms with E-state index in [2.05, 4.69) is 0 Å². The van der Waals surface area contributed by atoms with Gasteiger partial charge in [-0.05, 0) is 39.4 Å². The minimum absolute atomic E-state index is 0.124. The summed E-state index contributed by atoms with van der Waals surface area (Å²) in [5.74, 6) is 0.124. The lowest BCUT2D eigenvalue weighted by molar-refractivity contribution is -0.116. The average Bonchev–Trinajstić information content (AvgIpc) is 2.26. The third-order valence-electron chi connectivity index (χ3n) is 1.76. The van der Waals surface area contributed by atoms with Gasteiger partial charge in [-0.25, -0.2) is 0 Å². The molecule has 0 aliphatic carbocycles. The fourth-order valence-electron chi connectivity index (χ4n) is 1.03. The Kier molecular flexibility index (Phi) is 8.54. The number of benzene rings is 1. The van der Waals surface area contributed by atoms with E-state index in [4.69, 9.17) is 7.85 Å². The Balaban J connectivity index is 0.000000487. The number of aryl methyl sites for hydroxylation is 1. The van der Waals surface area contributed by atoms with Crippen molar-refractivity contribution in [1.29, 1.82) is 0 Å². The van der Waals surface area contributed by atoms with E-state index >= 15 is 0 Å². The highest BCUT2D eigenvalue weighted by Crippen LogP contribution is 2.03. The molecule has 2 nitrogen and oxygen atoms in total. The molecule has 0 aromatic heterocycles. The second-order valence-corrected chi connectivity index (χ2v) is 4.07. The van der Waals surface area contributed by atoms with Gasteiger partial charge in [0, 0.05) is 6.42 Å². The first-order valence-electron chi connectivity index (χ1n) is 5.43. The second kappa shape index (κ2) is 9.16. The van der Waals surface area contributed by atoms with Gasteiger partial charge >= 0.3 is 0 Å². The van der Waals surface area contributed by atoms with Crippen molar-refractivity contribution in [2.45, 2.75) is 19.2 Å². The number of hydrogen-bond acceptors (Lipinski definition) is 2. The molecule has 2 radical (unpaired) electrons. The highest BCUT2D eigenvalue weighted by atomic mass is 16.1. The zero-order valence-electron chi connectivity index (χ0n) is 10.4. The number of nitrogens with zero attached hydrogens (tertiary/aromatic N) is 1. The topological polar surface area (TPSA) is 20.3 Å². The molecular formula is C13H20BNO. The van der Waals surface area contributed by atoms with Gasteiger partial charge in [-0.3, -0.25) is 0 Å². The Morgan fingerprint density at radius 3 is 2.12 bits per heavy atom. The normalized spacial score (nSPS) is 9.50.